The molecular weight excluding hydrogens is 270 g/mol. The third-order valence-electron chi connectivity index (χ3n) is 4.29. The fourth-order valence-corrected chi connectivity index (χ4v) is 2.85. The Morgan fingerprint density at radius 2 is 1.55 bits per heavy atom. The number of piperidine rings is 1. The van der Waals surface area contributed by atoms with Crippen molar-refractivity contribution in [1.29, 1.82) is 0 Å². The molecule has 22 heavy (non-hydrogen) atoms. The molecule has 2 heteroatoms. The van der Waals surface area contributed by atoms with Gasteiger partial charge in [-0.3, -0.25) is 0 Å². The van der Waals surface area contributed by atoms with Crippen LogP contribution in [-0.2, 0) is 4.74 Å². The molecule has 0 bridgehead atoms. The summed E-state index contributed by atoms with van der Waals surface area (Å²) in [7, 11) is 2.16. The predicted octanol–water partition coefficient (Wildman–Crippen LogP) is 4.44. The van der Waals surface area contributed by atoms with Gasteiger partial charge in [0, 0.05) is 18.7 Å². The minimum absolute atomic E-state index is 0.303. The van der Waals surface area contributed by atoms with Crippen molar-refractivity contribution in [2.45, 2.75) is 18.9 Å². The minimum atomic E-state index is 0.303. The van der Waals surface area contributed by atoms with E-state index < -0.39 is 0 Å². The molecule has 1 aliphatic heterocycles. The molecule has 3 rings (SSSR count). The van der Waals surface area contributed by atoms with Crippen molar-refractivity contribution in [3.8, 4) is 11.1 Å². The van der Waals surface area contributed by atoms with Crippen molar-refractivity contribution < 1.29 is 4.74 Å². The summed E-state index contributed by atoms with van der Waals surface area (Å²) >= 11 is 0. The molecule has 2 aromatic carbocycles. The van der Waals surface area contributed by atoms with Gasteiger partial charge in [0.05, 0.1) is 0 Å². The van der Waals surface area contributed by atoms with Gasteiger partial charge < -0.3 is 9.64 Å². The highest BCUT2D eigenvalue weighted by Crippen LogP contribution is 2.24. The lowest BCUT2D eigenvalue weighted by Gasteiger charge is -2.29. The van der Waals surface area contributed by atoms with E-state index in [1.165, 1.54) is 11.1 Å². The molecular formula is C20H23NO. The molecule has 1 aliphatic rings. The topological polar surface area (TPSA) is 12.5 Å². The molecule has 0 aromatic heterocycles. The lowest BCUT2D eigenvalue weighted by Crippen LogP contribution is -2.33. The number of hydrogen-bond donors (Lipinski definition) is 0. The molecule has 0 unspecified atom stereocenters. The Hall–Kier alpha value is -2.06. The monoisotopic (exact) mass is 293 g/mol. The van der Waals surface area contributed by atoms with Crippen LogP contribution in [-0.4, -0.2) is 31.1 Å². The van der Waals surface area contributed by atoms with Crippen LogP contribution in [0.5, 0.6) is 0 Å². The highest BCUT2D eigenvalue weighted by atomic mass is 16.5. The van der Waals surface area contributed by atoms with Crippen molar-refractivity contribution >= 4 is 5.76 Å². The molecule has 0 atom stereocenters. The zero-order valence-electron chi connectivity index (χ0n) is 13.2. The Morgan fingerprint density at radius 1 is 0.955 bits per heavy atom. The average Bonchev–Trinajstić information content (AvgIpc) is 2.58. The van der Waals surface area contributed by atoms with E-state index in [2.05, 4.69) is 67.1 Å². The zero-order valence-corrected chi connectivity index (χ0v) is 13.2. The largest absolute Gasteiger partial charge is 0.490 e. The Labute approximate surface area is 133 Å². The Balaban J connectivity index is 1.64. The van der Waals surface area contributed by atoms with E-state index in [9.17, 15) is 0 Å². The first-order chi connectivity index (χ1) is 10.7. The average molecular weight is 293 g/mol. The fourth-order valence-electron chi connectivity index (χ4n) is 2.85. The number of ether oxygens (including phenoxy) is 1. The molecule has 0 spiro atoms. The van der Waals surface area contributed by atoms with Crippen molar-refractivity contribution in [3.05, 3.63) is 66.7 Å². The van der Waals surface area contributed by atoms with E-state index in [1.807, 2.05) is 6.07 Å². The van der Waals surface area contributed by atoms with Crippen LogP contribution < -0.4 is 0 Å². The lowest BCUT2D eigenvalue weighted by atomic mass is 10.0. The molecule has 0 amide bonds. The maximum atomic E-state index is 6.05. The molecule has 2 aromatic rings. The standard InChI is InChI=1S/C20H23NO/c1-16(22-20-12-14-21(2)15-13-20)17-8-10-19(11-9-17)18-6-4-3-5-7-18/h3-11,20H,1,12-15H2,2H3. The third kappa shape index (κ3) is 3.58. The van der Waals surface area contributed by atoms with Crippen LogP contribution in [0, 0.1) is 0 Å². The van der Waals surface area contributed by atoms with Gasteiger partial charge in [0.25, 0.3) is 0 Å². The molecule has 1 heterocycles. The van der Waals surface area contributed by atoms with Crippen LogP contribution in [0.1, 0.15) is 18.4 Å². The third-order valence-corrected chi connectivity index (χ3v) is 4.29. The minimum Gasteiger partial charge on any atom is -0.490 e. The second kappa shape index (κ2) is 6.80. The van der Waals surface area contributed by atoms with E-state index in [-0.39, 0.29) is 0 Å². The summed E-state index contributed by atoms with van der Waals surface area (Å²) in [6.45, 7) is 6.31. The Morgan fingerprint density at radius 3 is 2.18 bits per heavy atom. The van der Waals surface area contributed by atoms with Crippen LogP contribution >= 0.6 is 0 Å². The SMILES string of the molecule is C=C(OC1CCN(C)CC1)c1ccc(-c2ccccc2)cc1. The van der Waals surface area contributed by atoms with Gasteiger partial charge in [-0.1, -0.05) is 61.2 Å². The van der Waals surface area contributed by atoms with Gasteiger partial charge in [-0.15, -0.1) is 0 Å². The highest BCUT2D eigenvalue weighted by Gasteiger charge is 2.18. The van der Waals surface area contributed by atoms with Gasteiger partial charge >= 0.3 is 0 Å². The number of rotatable bonds is 4. The van der Waals surface area contributed by atoms with Gasteiger partial charge in [-0.05, 0) is 31.0 Å². The Bertz CT molecular complexity index is 610. The molecule has 0 N–H and O–H groups in total. The first-order valence-corrected chi connectivity index (χ1v) is 7.92. The molecule has 1 saturated heterocycles. The maximum absolute atomic E-state index is 6.05. The van der Waals surface area contributed by atoms with Crippen LogP contribution in [0.15, 0.2) is 61.2 Å². The first-order valence-electron chi connectivity index (χ1n) is 7.92. The first kappa shape index (κ1) is 14.9. The Kier molecular flexibility index (Phi) is 4.59. The van der Waals surface area contributed by atoms with Gasteiger partial charge in [-0.25, -0.2) is 0 Å². The van der Waals surface area contributed by atoms with E-state index in [0.717, 1.165) is 37.3 Å². The summed E-state index contributed by atoms with van der Waals surface area (Å²) in [5.74, 6) is 0.786. The number of benzene rings is 2. The highest BCUT2D eigenvalue weighted by molar-refractivity contribution is 5.67. The number of hydrogen-bond acceptors (Lipinski definition) is 2. The zero-order chi connectivity index (χ0) is 15.4. The summed E-state index contributed by atoms with van der Waals surface area (Å²) in [5.41, 5.74) is 3.52. The molecule has 0 radical (unpaired) electrons. The van der Waals surface area contributed by atoms with Crippen LogP contribution in [0.3, 0.4) is 0 Å². The van der Waals surface area contributed by atoms with Crippen molar-refractivity contribution in [3.63, 3.8) is 0 Å². The lowest BCUT2D eigenvalue weighted by molar-refractivity contribution is 0.0918. The van der Waals surface area contributed by atoms with E-state index in [4.69, 9.17) is 4.74 Å². The summed E-state index contributed by atoms with van der Waals surface area (Å²) in [6.07, 6.45) is 2.47. The number of likely N-dealkylation sites (tertiary alicyclic amines) is 1. The molecule has 114 valence electrons. The van der Waals surface area contributed by atoms with E-state index >= 15 is 0 Å². The molecule has 2 nitrogen and oxygen atoms in total. The van der Waals surface area contributed by atoms with E-state index in [1.54, 1.807) is 0 Å². The van der Waals surface area contributed by atoms with Crippen molar-refractivity contribution in [2.24, 2.45) is 0 Å². The molecule has 0 aliphatic carbocycles. The number of nitrogens with zero attached hydrogens (tertiary/aromatic N) is 1. The van der Waals surface area contributed by atoms with Gasteiger partial charge in [0.1, 0.15) is 11.9 Å². The summed E-state index contributed by atoms with van der Waals surface area (Å²) in [5, 5.41) is 0. The normalized spacial score (nSPS) is 16.4. The second-order valence-corrected chi connectivity index (χ2v) is 5.99. The van der Waals surface area contributed by atoms with E-state index in [0.29, 0.717) is 6.10 Å². The van der Waals surface area contributed by atoms with Gasteiger partial charge in [0.2, 0.25) is 0 Å². The predicted molar refractivity (Wildman–Crippen MR) is 92.5 cm³/mol. The summed E-state index contributed by atoms with van der Waals surface area (Å²) < 4.78 is 6.05. The molecule has 0 saturated carbocycles. The van der Waals surface area contributed by atoms with Crippen molar-refractivity contribution in [2.75, 3.05) is 20.1 Å². The van der Waals surface area contributed by atoms with Crippen LogP contribution in [0.25, 0.3) is 16.9 Å². The van der Waals surface area contributed by atoms with Crippen molar-refractivity contribution in [1.82, 2.24) is 4.90 Å². The smallest absolute Gasteiger partial charge is 0.119 e. The molecule has 1 fully saturated rings. The van der Waals surface area contributed by atoms with Crippen LogP contribution in [0.2, 0.25) is 0 Å². The maximum Gasteiger partial charge on any atom is 0.119 e. The summed E-state index contributed by atoms with van der Waals surface area (Å²) in [4.78, 5) is 2.34. The van der Waals surface area contributed by atoms with Gasteiger partial charge in [-0.2, -0.15) is 0 Å². The van der Waals surface area contributed by atoms with Crippen LogP contribution in [0.4, 0.5) is 0 Å². The second-order valence-electron chi connectivity index (χ2n) is 5.99. The van der Waals surface area contributed by atoms with Gasteiger partial charge in [0.15, 0.2) is 0 Å². The summed E-state index contributed by atoms with van der Waals surface area (Å²) in [6, 6.07) is 18.9. The fraction of sp³-hybridized carbons (Fsp3) is 0.300. The quantitative estimate of drug-likeness (QED) is 0.773.